The fraction of sp³-hybridized carbons (Fsp3) is 0.444. The minimum absolute atomic E-state index is 0. The van der Waals surface area contributed by atoms with Crippen LogP contribution in [0, 0.1) is 0 Å². The molecule has 0 aliphatic carbocycles. The van der Waals surface area contributed by atoms with Crippen LogP contribution in [-0.2, 0) is 6.42 Å². The Balaban J connectivity index is 0.00000200. The van der Waals surface area contributed by atoms with E-state index in [9.17, 15) is 0 Å². The molecule has 2 aromatic carbocycles. The Labute approximate surface area is 129 Å². The van der Waals surface area contributed by atoms with Gasteiger partial charge in [-0.25, -0.2) is 0 Å². The van der Waals surface area contributed by atoms with Gasteiger partial charge in [0.05, 0.1) is 0 Å². The van der Waals surface area contributed by atoms with Crippen molar-refractivity contribution in [2.75, 3.05) is 6.54 Å². The number of hydrogen-bond acceptors (Lipinski definition) is 1. The standard InChI is InChI=1S/C18H25N.ClH/c1-3-8-17(19-13-4-2)14-16-11-7-10-15-9-5-6-12-18(15)16;/h5-7,9-12,17,19H,3-4,8,13-14H2,1-2H3;1H. The summed E-state index contributed by atoms with van der Waals surface area (Å²) in [5, 5.41) is 6.44. The molecule has 1 unspecified atom stereocenters. The highest BCUT2D eigenvalue weighted by atomic mass is 35.5. The van der Waals surface area contributed by atoms with Gasteiger partial charge in [0.1, 0.15) is 0 Å². The topological polar surface area (TPSA) is 12.0 Å². The second-order valence-electron chi connectivity index (χ2n) is 5.28. The lowest BCUT2D eigenvalue weighted by molar-refractivity contribution is 0.474. The van der Waals surface area contributed by atoms with Crippen LogP contribution in [0.3, 0.4) is 0 Å². The molecule has 0 aromatic heterocycles. The van der Waals surface area contributed by atoms with Crippen LogP contribution in [0.2, 0.25) is 0 Å². The molecule has 0 radical (unpaired) electrons. The van der Waals surface area contributed by atoms with Gasteiger partial charge in [-0.1, -0.05) is 62.7 Å². The molecule has 1 atom stereocenters. The summed E-state index contributed by atoms with van der Waals surface area (Å²) >= 11 is 0. The molecular weight excluding hydrogens is 266 g/mol. The molecule has 0 aliphatic rings. The van der Waals surface area contributed by atoms with Gasteiger partial charge >= 0.3 is 0 Å². The van der Waals surface area contributed by atoms with Gasteiger partial charge in [0.25, 0.3) is 0 Å². The summed E-state index contributed by atoms with van der Waals surface area (Å²) in [4.78, 5) is 0. The summed E-state index contributed by atoms with van der Waals surface area (Å²) in [5.41, 5.74) is 1.47. The van der Waals surface area contributed by atoms with E-state index in [1.807, 2.05) is 0 Å². The summed E-state index contributed by atoms with van der Waals surface area (Å²) in [6.45, 7) is 5.62. The zero-order valence-corrected chi connectivity index (χ0v) is 13.4. The van der Waals surface area contributed by atoms with Gasteiger partial charge in [0.2, 0.25) is 0 Å². The Morgan fingerprint density at radius 2 is 1.70 bits per heavy atom. The molecular formula is C18H26ClN. The summed E-state index contributed by atoms with van der Waals surface area (Å²) in [6, 6.07) is 16.0. The van der Waals surface area contributed by atoms with Crippen molar-refractivity contribution >= 4 is 23.2 Å². The maximum atomic E-state index is 3.68. The second kappa shape index (κ2) is 8.99. The van der Waals surface area contributed by atoms with Crippen molar-refractivity contribution in [3.8, 4) is 0 Å². The van der Waals surface area contributed by atoms with E-state index < -0.39 is 0 Å². The second-order valence-corrected chi connectivity index (χ2v) is 5.28. The van der Waals surface area contributed by atoms with Crippen molar-refractivity contribution in [3.63, 3.8) is 0 Å². The SMILES string of the molecule is CCCNC(CCC)Cc1cccc2ccccc12.Cl. The van der Waals surface area contributed by atoms with Gasteiger partial charge in [-0.05, 0) is 42.1 Å². The first-order valence-corrected chi connectivity index (χ1v) is 7.55. The predicted octanol–water partition coefficient (Wildman–Crippen LogP) is 4.97. The average molecular weight is 292 g/mol. The van der Waals surface area contributed by atoms with Crippen LogP contribution >= 0.6 is 12.4 Å². The first-order valence-electron chi connectivity index (χ1n) is 7.55. The van der Waals surface area contributed by atoms with E-state index >= 15 is 0 Å². The minimum atomic E-state index is 0. The fourth-order valence-corrected chi connectivity index (χ4v) is 2.71. The molecule has 2 heteroatoms. The van der Waals surface area contributed by atoms with Gasteiger partial charge in [-0.15, -0.1) is 12.4 Å². The third-order valence-electron chi connectivity index (χ3n) is 3.67. The highest BCUT2D eigenvalue weighted by Crippen LogP contribution is 2.20. The number of benzene rings is 2. The van der Waals surface area contributed by atoms with Gasteiger partial charge < -0.3 is 5.32 Å². The van der Waals surface area contributed by atoms with Crippen molar-refractivity contribution in [2.45, 2.75) is 45.6 Å². The Hall–Kier alpha value is -1.05. The van der Waals surface area contributed by atoms with Crippen LogP contribution in [0.4, 0.5) is 0 Å². The zero-order valence-electron chi connectivity index (χ0n) is 12.6. The maximum Gasteiger partial charge on any atom is 0.0108 e. The molecule has 0 bridgehead atoms. The number of hydrogen-bond donors (Lipinski definition) is 1. The summed E-state index contributed by atoms with van der Waals surface area (Å²) in [7, 11) is 0. The van der Waals surface area contributed by atoms with Crippen molar-refractivity contribution in [1.82, 2.24) is 5.32 Å². The molecule has 0 heterocycles. The van der Waals surface area contributed by atoms with Gasteiger partial charge in [-0.3, -0.25) is 0 Å². The van der Waals surface area contributed by atoms with Crippen LogP contribution < -0.4 is 5.32 Å². The molecule has 0 fully saturated rings. The molecule has 2 aromatic rings. The van der Waals surface area contributed by atoms with E-state index in [1.54, 1.807) is 0 Å². The first kappa shape index (κ1) is 17.0. The summed E-state index contributed by atoms with van der Waals surface area (Å²) in [6.07, 6.45) is 4.83. The lowest BCUT2D eigenvalue weighted by atomic mass is 9.97. The van der Waals surface area contributed by atoms with E-state index in [0.29, 0.717) is 6.04 Å². The molecule has 1 nitrogen and oxygen atoms in total. The van der Waals surface area contributed by atoms with Gasteiger partial charge in [0, 0.05) is 6.04 Å². The summed E-state index contributed by atoms with van der Waals surface area (Å²) in [5.74, 6) is 0. The molecule has 1 N–H and O–H groups in total. The Bertz CT molecular complexity index is 504. The van der Waals surface area contributed by atoms with Crippen molar-refractivity contribution < 1.29 is 0 Å². The molecule has 0 aliphatic heterocycles. The smallest absolute Gasteiger partial charge is 0.0108 e. The number of nitrogens with one attached hydrogen (secondary N) is 1. The van der Waals surface area contributed by atoms with Crippen LogP contribution in [-0.4, -0.2) is 12.6 Å². The first-order chi connectivity index (χ1) is 9.35. The maximum absolute atomic E-state index is 3.68. The third kappa shape index (κ3) is 4.50. The highest BCUT2D eigenvalue weighted by molar-refractivity contribution is 5.86. The van der Waals surface area contributed by atoms with E-state index in [0.717, 1.165) is 13.0 Å². The number of fused-ring (bicyclic) bond motifs is 1. The van der Waals surface area contributed by atoms with E-state index in [4.69, 9.17) is 0 Å². The van der Waals surface area contributed by atoms with Crippen molar-refractivity contribution in [3.05, 3.63) is 48.0 Å². The lowest BCUT2D eigenvalue weighted by Gasteiger charge is -2.19. The molecule has 0 saturated carbocycles. The van der Waals surface area contributed by atoms with Gasteiger partial charge in [0.15, 0.2) is 0 Å². The normalized spacial score (nSPS) is 12.1. The highest BCUT2D eigenvalue weighted by Gasteiger charge is 2.09. The minimum Gasteiger partial charge on any atom is -0.314 e. The number of rotatable bonds is 7. The molecule has 0 spiro atoms. The number of halogens is 1. The van der Waals surface area contributed by atoms with Crippen LogP contribution in [0.1, 0.15) is 38.7 Å². The third-order valence-corrected chi connectivity index (χ3v) is 3.67. The van der Waals surface area contributed by atoms with Crippen molar-refractivity contribution in [1.29, 1.82) is 0 Å². The largest absolute Gasteiger partial charge is 0.314 e. The Morgan fingerprint density at radius 1 is 0.950 bits per heavy atom. The Kier molecular flexibility index (Phi) is 7.64. The monoisotopic (exact) mass is 291 g/mol. The zero-order chi connectivity index (χ0) is 13.5. The molecule has 110 valence electrons. The molecule has 20 heavy (non-hydrogen) atoms. The fourth-order valence-electron chi connectivity index (χ4n) is 2.71. The predicted molar refractivity (Wildman–Crippen MR) is 91.9 cm³/mol. The average Bonchev–Trinajstić information content (AvgIpc) is 2.45. The van der Waals surface area contributed by atoms with Crippen LogP contribution in [0.5, 0.6) is 0 Å². The van der Waals surface area contributed by atoms with Gasteiger partial charge in [-0.2, -0.15) is 0 Å². The lowest BCUT2D eigenvalue weighted by Crippen LogP contribution is -2.31. The van der Waals surface area contributed by atoms with E-state index in [-0.39, 0.29) is 12.4 Å². The van der Waals surface area contributed by atoms with Crippen LogP contribution in [0.25, 0.3) is 10.8 Å². The van der Waals surface area contributed by atoms with Crippen molar-refractivity contribution in [2.24, 2.45) is 0 Å². The van der Waals surface area contributed by atoms with Crippen LogP contribution in [0.15, 0.2) is 42.5 Å². The van der Waals surface area contributed by atoms with E-state index in [1.165, 1.54) is 35.6 Å². The molecule has 0 amide bonds. The Morgan fingerprint density at radius 3 is 2.45 bits per heavy atom. The molecule has 0 saturated heterocycles. The quantitative estimate of drug-likeness (QED) is 0.759. The molecule has 2 rings (SSSR count). The van der Waals surface area contributed by atoms with E-state index in [2.05, 4.69) is 61.6 Å². The summed E-state index contributed by atoms with van der Waals surface area (Å²) < 4.78 is 0.